The van der Waals surface area contributed by atoms with Crippen molar-refractivity contribution in [3.63, 3.8) is 0 Å². The van der Waals surface area contributed by atoms with E-state index in [1.165, 1.54) is 4.57 Å². The van der Waals surface area contributed by atoms with Crippen molar-refractivity contribution in [3.8, 4) is 50.5 Å². The monoisotopic (exact) mass is 611 g/mol. The molecule has 0 spiro atoms. The molecule has 0 unspecified atom stereocenters. The van der Waals surface area contributed by atoms with Gasteiger partial charge in [0.1, 0.15) is 5.82 Å². The van der Waals surface area contributed by atoms with Gasteiger partial charge in [0.15, 0.2) is 0 Å². The van der Waals surface area contributed by atoms with E-state index in [1.807, 2.05) is 42.5 Å². The van der Waals surface area contributed by atoms with Gasteiger partial charge in [0.25, 0.3) is 0 Å². The fourth-order valence-electron chi connectivity index (χ4n) is 6.33. The molecule has 0 aliphatic heterocycles. The average Bonchev–Trinajstić information content (AvgIpc) is 3.65. The Morgan fingerprint density at radius 2 is 0.936 bits per heavy atom. The third-order valence-electron chi connectivity index (χ3n) is 8.36. The van der Waals surface area contributed by atoms with Crippen molar-refractivity contribution in [2.75, 3.05) is 0 Å². The molecule has 0 atom stereocenters. The molecule has 47 heavy (non-hydrogen) atoms. The SMILES string of the molecule is [2H]c1c([2H])c([2H])c(-n2c(-c3ccccc3-c3c4c([2H])c([2H])c([2H])c([2H])c4c(-c4ccc(-c5ccccc5)cc4)c4c([2H])c([2H])c([2H])c([2H])c34)nc3ccccc32)c([2H])c1[2H]. The number of imidazole rings is 1. The Morgan fingerprint density at radius 1 is 0.426 bits per heavy atom. The van der Waals surface area contributed by atoms with Gasteiger partial charge in [-0.2, -0.15) is 0 Å². The second-order valence-electron chi connectivity index (χ2n) is 11.0. The maximum atomic E-state index is 9.47. The molecule has 9 aromatic rings. The van der Waals surface area contributed by atoms with Gasteiger partial charge >= 0.3 is 0 Å². The summed E-state index contributed by atoms with van der Waals surface area (Å²) in [4.78, 5) is 4.94. The molecule has 0 aliphatic carbocycles. The molecule has 0 amide bonds. The highest BCUT2D eigenvalue weighted by Crippen LogP contribution is 2.46. The number of hydrogen-bond acceptors (Lipinski definition) is 1. The first-order chi connectivity index (χ1) is 28.7. The first-order valence-corrected chi connectivity index (χ1v) is 15.0. The van der Waals surface area contributed by atoms with E-state index in [9.17, 15) is 5.48 Å². The van der Waals surface area contributed by atoms with E-state index in [2.05, 4.69) is 0 Å². The molecular formula is C45H30N2. The number of fused-ring (bicyclic) bond motifs is 3. The van der Waals surface area contributed by atoms with E-state index < -0.39 is 78.6 Å². The second kappa shape index (κ2) is 11.3. The molecule has 0 saturated heterocycles. The molecule has 0 N–H and O–H groups in total. The number of para-hydroxylation sites is 3. The van der Waals surface area contributed by atoms with Crippen molar-refractivity contribution in [1.29, 1.82) is 0 Å². The maximum absolute atomic E-state index is 9.47. The number of nitrogens with zero attached hydrogens (tertiary/aromatic N) is 2. The van der Waals surface area contributed by atoms with Crippen LogP contribution in [0.4, 0.5) is 0 Å². The van der Waals surface area contributed by atoms with E-state index >= 15 is 0 Å². The predicted octanol–water partition coefficient (Wildman–Crippen LogP) is 12.0. The molecule has 0 saturated carbocycles. The molecule has 220 valence electrons. The lowest BCUT2D eigenvalue weighted by atomic mass is 9.84. The van der Waals surface area contributed by atoms with Gasteiger partial charge in [-0.25, -0.2) is 4.98 Å². The molecule has 9 rings (SSSR count). The Bertz CT molecular complexity index is 3180. The minimum absolute atomic E-state index is 0.00131. The summed E-state index contributed by atoms with van der Waals surface area (Å²) in [5, 5.41) is 0.0713. The lowest BCUT2D eigenvalue weighted by molar-refractivity contribution is 1.10. The Labute approximate surface area is 292 Å². The molecule has 0 aliphatic rings. The Balaban J connectivity index is 1.48. The fraction of sp³-hybridized carbons (Fsp3) is 0. The zero-order valence-electron chi connectivity index (χ0n) is 37.7. The topological polar surface area (TPSA) is 17.8 Å². The summed E-state index contributed by atoms with van der Waals surface area (Å²) >= 11 is 0. The third kappa shape index (κ3) is 4.54. The minimum Gasteiger partial charge on any atom is -0.292 e. The van der Waals surface area contributed by atoms with Crippen molar-refractivity contribution in [3.05, 3.63) is 182 Å². The molecule has 2 heteroatoms. The van der Waals surface area contributed by atoms with Crippen LogP contribution in [0, 0.1) is 0 Å². The van der Waals surface area contributed by atoms with E-state index in [4.69, 9.17) is 17.3 Å². The summed E-state index contributed by atoms with van der Waals surface area (Å²) in [6, 6.07) is 24.0. The van der Waals surface area contributed by atoms with Crippen LogP contribution in [0.25, 0.3) is 83.0 Å². The van der Waals surface area contributed by atoms with Crippen LogP contribution in [0.1, 0.15) is 17.8 Å². The van der Waals surface area contributed by atoms with Crippen molar-refractivity contribution >= 4 is 32.6 Å². The molecular weight excluding hydrogens is 569 g/mol. The summed E-state index contributed by atoms with van der Waals surface area (Å²) in [7, 11) is 0. The van der Waals surface area contributed by atoms with Crippen molar-refractivity contribution in [2.24, 2.45) is 0 Å². The van der Waals surface area contributed by atoms with Gasteiger partial charge in [0.2, 0.25) is 0 Å². The van der Waals surface area contributed by atoms with Crippen molar-refractivity contribution < 1.29 is 17.8 Å². The van der Waals surface area contributed by atoms with Crippen LogP contribution in [-0.4, -0.2) is 9.55 Å². The number of rotatable bonds is 5. The van der Waals surface area contributed by atoms with Gasteiger partial charge in [-0.3, -0.25) is 4.57 Å². The number of benzene rings is 8. The van der Waals surface area contributed by atoms with Crippen molar-refractivity contribution in [1.82, 2.24) is 9.55 Å². The van der Waals surface area contributed by atoms with Crippen LogP contribution in [0.3, 0.4) is 0 Å². The summed E-state index contributed by atoms with van der Waals surface area (Å²) in [6.45, 7) is 0. The molecule has 1 aromatic heterocycles. The molecule has 0 bridgehead atoms. The highest BCUT2D eigenvalue weighted by Gasteiger charge is 2.22. The van der Waals surface area contributed by atoms with Crippen LogP contribution in [-0.2, 0) is 0 Å². The standard InChI is InChI=1S/C45H30N2/c1-3-15-31(16-4-1)32-27-29-33(30-28-32)43-35-19-7-9-21-37(35)44(38-22-10-8-20-36(38)43)39-23-11-12-24-40(39)45-46-41-25-13-14-26-42(41)47(45)34-17-5-2-6-18-34/h1-30H/i2D,5D,6D,7D,8D,9D,10D,17D,18D,19D,20D,21D,22D. The lowest BCUT2D eigenvalue weighted by Crippen LogP contribution is -1.99. The summed E-state index contributed by atoms with van der Waals surface area (Å²) in [5.41, 5.74) is 3.75. The zero-order chi connectivity index (χ0) is 42.5. The van der Waals surface area contributed by atoms with Gasteiger partial charge in [-0.15, -0.1) is 0 Å². The zero-order valence-corrected chi connectivity index (χ0v) is 24.7. The predicted molar refractivity (Wildman–Crippen MR) is 198 cm³/mol. The first kappa shape index (κ1) is 16.9. The number of hydrogen-bond donors (Lipinski definition) is 0. The average molecular weight is 612 g/mol. The van der Waals surface area contributed by atoms with E-state index in [0.29, 0.717) is 22.2 Å². The molecule has 1 heterocycles. The summed E-state index contributed by atoms with van der Waals surface area (Å²) in [5.74, 6) is 0.119. The van der Waals surface area contributed by atoms with Crippen molar-refractivity contribution in [2.45, 2.75) is 0 Å². The number of aromatic nitrogens is 2. The highest BCUT2D eigenvalue weighted by molar-refractivity contribution is 6.22. The smallest absolute Gasteiger partial charge is 0.146 e. The highest BCUT2D eigenvalue weighted by atomic mass is 15.1. The van der Waals surface area contributed by atoms with Crippen LogP contribution in [0.5, 0.6) is 0 Å². The van der Waals surface area contributed by atoms with E-state index in [1.54, 1.807) is 60.7 Å². The summed E-state index contributed by atoms with van der Waals surface area (Å²) < 4.78 is 118. The molecule has 2 nitrogen and oxygen atoms in total. The Kier molecular flexibility index (Phi) is 4.05. The van der Waals surface area contributed by atoms with Crippen LogP contribution in [0.2, 0.25) is 0 Å². The quantitative estimate of drug-likeness (QED) is 0.177. The van der Waals surface area contributed by atoms with E-state index in [0.717, 1.165) is 11.1 Å². The molecule has 0 radical (unpaired) electrons. The van der Waals surface area contributed by atoms with Gasteiger partial charge in [-0.05, 0) is 79.1 Å². The minimum atomic E-state index is -0.573. The molecule has 8 aromatic carbocycles. The van der Waals surface area contributed by atoms with Gasteiger partial charge in [-0.1, -0.05) is 157 Å². The Hall–Kier alpha value is -6.25. The normalized spacial score (nSPS) is 15.3. The largest absolute Gasteiger partial charge is 0.292 e. The molecule has 0 fully saturated rings. The third-order valence-corrected chi connectivity index (χ3v) is 8.36. The van der Waals surface area contributed by atoms with Crippen LogP contribution < -0.4 is 0 Å². The van der Waals surface area contributed by atoms with Crippen LogP contribution >= 0.6 is 0 Å². The first-order valence-electron chi connectivity index (χ1n) is 21.5. The Morgan fingerprint density at radius 3 is 1.62 bits per heavy atom. The van der Waals surface area contributed by atoms with Crippen LogP contribution in [0.15, 0.2) is 182 Å². The maximum Gasteiger partial charge on any atom is 0.146 e. The van der Waals surface area contributed by atoms with Gasteiger partial charge in [0, 0.05) is 11.3 Å². The lowest BCUT2D eigenvalue weighted by Gasteiger charge is -2.20. The van der Waals surface area contributed by atoms with Gasteiger partial charge < -0.3 is 0 Å². The summed E-state index contributed by atoms with van der Waals surface area (Å²) in [6.07, 6.45) is 0. The van der Waals surface area contributed by atoms with E-state index in [-0.39, 0.29) is 49.7 Å². The fourth-order valence-corrected chi connectivity index (χ4v) is 6.33. The second-order valence-corrected chi connectivity index (χ2v) is 11.0. The van der Waals surface area contributed by atoms with Gasteiger partial charge in [0.05, 0.1) is 28.9 Å².